The summed E-state index contributed by atoms with van der Waals surface area (Å²) in [6, 6.07) is 0. The van der Waals surface area contributed by atoms with Gasteiger partial charge in [-0.3, -0.25) is 4.99 Å². The van der Waals surface area contributed by atoms with Crippen LogP contribution >= 0.6 is 0 Å². The van der Waals surface area contributed by atoms with Gasteiger partial charge in [0.15, 0.2) is 0 Å². The quantitative estimate of drug-likeness (QED) is 0.647. The van der Waals surface area contributed by atoms with Crippen molar-refractivity contribution in [1.82, 2.24) is 0 Å². The fraction of sp³-hybridized carbons (Fsp3) is 0.923. The average Bonchev–Trinajstić information content (AvgIpc) is 2.26. The third kappa shape index (κ3) is 2.37. The molecule has 1 fully saturated rings. The predicted octanol–water partition coefficient (Wildman–Crippen LogP) is 3.93. The van der Waals surface area contributed by atoms with Crippen LogP contribution in [0.3, 0.4) is 0 Å². The van der Waals surface area contributed by atoms with Gasteiger partial charge in [0.25, 0.3) is 0 Å². The van der Waals surface area contributed by atoms with Crippen molar-refractivity contribution in [3.8, 4) is 0 Å². The van der Waals surface area contributed by atoms with E-state index in [1.54, 1.807) is 0 Å². The second kappa shape index (κ2) is 5.53. The fourth-order valence-corrected chi connectivity index (χ4v) is 2.93. The minimum absolute atomic E-state index is 0.781. The minimum Gasteiger partial charge on any atom is -0.297 e. The summed E-state index contributed by atoms with van der Waals surface area (Å²) in [5, 5.41) is 0. The zero-order valence-electron chi connectivity index (χ0n) is 10.2. The highest BCUT2D eigenvalue weighted by Gasteiger charge is 2.31. The van der Waals surface area contributed by atoms with E-state index >= 15 is 0 Å². The third-order valence-corrected chi connectivity index (χ3v) is 3.89. The standard InChI is InChI=1S/C13H25N/c1-5-10-8-11(6-2)13(14-4)12(7-3)9-10/h10-12H,5-9H2,1-4H3. The van der Waals surface area contributed by atoms with Gasteiger partial charge < -0.3 is 0 Å². The predicted molar refractivity (Wildman–Crippen MR) is 63.9 cm³/mol. The van der Waals surface area contributed by atoms with Crippen LogP contribution in [-0.4, -0.2) is 12.8 Å². The van der Waals surface area contributed by atoms with Crippen LogP contribution in [-0.2, 0) is 0 Å². The molecule has 2 unspecified atom stereocenters. The van der Waals surface area contributed by atoms with Gasteiger partial charge >= 0.3 is 0 Å². The minimum atomic E-state index is 0.781. The van der Waals surface area contributed by atoms with Crippen LogP contribution in [0.15, 0.2) is 4.99 Å². The Labute approximate surface area is 89.0 Å². The molecular weight excluding hydrogens is 170 g/mol. The van der Waals surface area contributed by atoms with Gasteiger partial charge in [-0.2, -0.15) is 0 Å². The highest BCUT2D eigenvalue weighted by Crippen LogP contribution is 2.36. The lowest BCUT2D eigenvalue weighted by Gasteiger charge is -2.35. The van der Waals surface area contributed by atoms with Gasteiger partial charge in [0.05, 0.1) is 0 Å². The van der Waals surface area contributed by atoms with Crippen molar-refractivity contribution in [3.05, 3.63) is 0 Å². The molecule has 14 heavy (non-hydrogen) atoms. The van der Waals surface area contributed by atoms with Crippen LogP contribution in [0.1, 0.15) is 52.9 Å². The SMILES string of the molecule is CCC1CC(CC)C(=NC)C(CC)C1. The van der Waals surface area contributed by atoms with Crippen LogP contribution in [0.25, 0.3) is 0 Å². The van der Waals surface area contributed by atoms with Crippen LogP contribution in [0.5, 0.6) is 0 Å². The van der Waals surface area contributed by atoms with Crippen LogP contribution < -0.4 is 0 Å². The van der Waals surface area contributed by atoms with E-state index in [9.17, 15) is 0 Å². The number of nitrogens with zero attached hydrogens (tertiary/aromatic N) is 1. The first-order chi connectivity index (χ1) is 6.76. The monoisotopic (exact) mass is 195 g/mol. The highest BCUT2D eigenvalue weighted by molar-refractivity contribution is 5.89. The summed E-state index contributed by atoms with van der Waals surface area (Å²) in [6.45, 7) is 6.94. The number of rotatable bonds is 3. The normalized spacial score (nSPS) is 33.1. The summed E-state index contributed by atoms with van der Waals surface area (Å²) in [5.41, 5.74) is 1.51. The molecular formula is C13H25N. The number of hydrogen-bond acceptors (Lipinski definition) is 1. The first-order valence-electron chi connectivity index (χ1n) is 6.23. The molecule has 0 aromatic heterocycles. The molecule has 0 radical (unpaired) electrons. The Hall–Kier alpha value is -0.330. The molecule has 1 rings (SSSR count). The summed E-state index contributed by atoms with van der Waals surface area (Å²) >= 11 is 0. The Bertz CT molecular complexity index is 179. The van der Waals surface area contributed by atoms with E-state index in [4.69, 9.17) is 0 Å². The van der Waals surface area contributed by atoms with Gasteiger partial charge in [0.2, 0.25) is 0 Å². The maximum atomic E-state index is 4.54. The smallest absolute Gasteiger partial charge is 0.0276 e. The van der Waals surface area contributed by atoms with Gasteiger partial charge in [-0.1, -0.05) is 27.2 Å². The Morgan fingerprint density at radius 2 is 1.50 bits per heavy atom. The van der Waals surface area contributed by atoms with E-state index in [0.29, 0.717) is 0 Å². The molecule has 1 nitrogen and oxygen atoms in total. The van der Waals surface area contributed by atoms with Gasteiger partial charge in [-0.05, 0) is 43.4 Å². The number of hydrogen-bond donors (Lipinski definition) is 0. The van der Waals surface area contributed by atoms with Gasteiger partial charge in [-0.25, -0.2) is 0 Å². The van der Waals surface area contributed by atoms with Crippen molar-refractivity contribution in [2.75, 3.05) is 7.05 Å². The van der Waals surface area contributed by atoms with Crippen LogP contribution in [0.2, 0.25) is 0 Å². The molecule has 1 aliphatic rings. The summed E-state index contributed by atoms with van der Waals surface area (Å²) in [6.07, 6.45) is 6.68. The number of aliphatic imine (C=N–C) groups is 1. The third-order valence-electron chi connectivity index (χ3n) is 3.89. The Morgan fingerprint density at radius 1 is 1.00 bits per heavy atom. The van der Waals surface area contributed by atoms with E-state index in [1.165, 1.54) is 37.8 Å². The molecule has 0 heterocycles. The van der Waals surface area contributed by atoms with Crippen LogP contribution in [0, 0.1) is 17.8 Å². The first-order valence-corrected chi connectivity index (χ1v) is 6.23. The first kappa shape index (κ1) is 11.7. The van der Waals surface area contributed by atoms with Gasteiger partial charge in [-0.15, -0.1) is 0 Å². The summed E-state index contributed by atoms with van der Waals surface area (Å²) < 4.78 is 0. The molecule has 82 valence electrons. The van der Waals surface area contributed by atoms with E-state index in [1.807, 2.05) is 7.05 Å². The van der Waals surface area contributed by atoms with E-state index in [2.05, 4.69) is 25.8 Å². The molecule has 0 aromatic rings. The maximum Gasteiger partial charge on any atom is 0.0276 e. The topological polar surface area (TPSA) is 12.4 Å². The fourth-order valence-electron chi connectivity index (χ4n) is 2.93. The van der Waals surface area contributed by atoms with Crippen molar-refractivity contribution in [1.29, 1.82) is 0 Å². The summed E-state index contributed by atoms with van der Waals surface area (Å²) in [5.74, 6) is 2.52. The Morgan fingerprint density at radius 3 is 1.79 bits per heavy atom. The van der Waals surface area contributed by atoms with Crippen molar-refractivity contribution < 1.29 is 0 Å². The zero-order chi connectivity index (χ0) is 10.6. The highest BCUT2D eigenvalue weighted by atomic mass is 14.7. The molecule has 1 heteroatoms. The van der Waals surface area contributed by atoms with Gasteiger partial charge in [0.1, 0.15) is 0 Å². The molecule has 0 aromatic carbocycles. The molecule has 0 bridgehead atoms. The van der Waals surface area contributed by atoms with Crippen molar-refractivity contribution in [3.63, 3.8) is 0 Å². The molecule has 0 saturated heterocycles. The van der Waals surface area contributed by atoms with Crippen molar-refractivity contribution in [2.24, 2.45) is 22.7 Å². The van der Waals surface area contributed by atoms with E-state index < -0.39 is 0 Å². The Kier molecular flexibility index (Phi) is 4.64. The second-order valence-corrected chi connectivity index (χ2v) is 4.60. The molecule has 2 atom stereocenters. The average molecular weight is 195 g/mol. The van der Waals surface area contributed by atoms with E-state index in [-0.39, 0.29) is 0 Å². The van der Waals surface area contributed by atoms with Crippen molar-refractivity contribution >= 4 is 5.71 Å². The molecule has 0 N–H and O–H groups in total. The molecule has 0 aliphatic heterocycles. The molecule has 1 saturated carbocycles. The Balaban J connectivity index is 2.74. The van der Waals surface area contributed by atoms with E-state index in [0.717, 1.165) is 17.8 Å². The molecule has 0 spiro atoms. The lowest BCUT2D eigenvalue weighted by Crippen LogP contribution is -2.32. The molecule has 0 amide bonds. The second-order valence-electron chi connectivity index (χ2n) is 4.60. The zero-order valence-corrected chi connectivity index (χ0v) is 10.2. The lowest BCUT2D eigenvalue weighted by atomic mass is 9.71. The maximum absolute atomic E-state index is 4.54. The largest absolute Gasteiger partial charge is 0.297 e. The summed E-state index contributed by atoms with van der Waals surface area (Å²) in [4.78, 5) is 4.54. The van der Waals surface area contributed by atoms with Crippen LogP contribution in [0.4, 0.5) is 0 Å². The summed E-state index contributed by atoms with van der Waals surface area (Å²) in [7, 11) is 1.98. The molecule has 1 aliphatic carbocycles. The van der Waals surface area contributed by atoms with Gasteiger partial charge in [0, 0.05) is 12.8 Å². The lowest BCUT2D eigenvalue weighted by molar-refractivity contribution is 0.307. The van der Waals surface area contributed by atoms with Crippen molar-refractivity contribution in [2.45, 2.75) is 52.9 Å².